The lowest BCUT2D eigenvalue weighted by Gasteiger charge is -2.08. The Hall–Kier alpha value is -0.870. The minimum absolute atomic E-state index is 0.0430. The van der Waals surface area contributed by atoms with Crippen molar-refractivity contribution in [1.82, 2.24) is 0 Å². The van der Waals surface area contributed by atoms with Gasteiger partial charge in [0.1, 0.15) is 0 Å². The minimum Gasteiger partial charge on any atom is -0.327 e. The van der Waals surface area contributed by atoms with Crippen molar-refractivity contribution in [2.24, 2.45) is 5.73 Å². The molecule has 84 valence electrons. The molecule has 1 atom stereocenters. The van der Waals surface area contributed by atoms with Gasteiger partial charge < -0.3 is 5.73 Å². The maximum absolute atomic E-state index is 11.7. The summed E-state index contributed by atoms with van der Waals surface area (Å²) in [6.45, 7) is 3.62. The first-order valence-electron chi connectivity index (χ1n) is 4.91. The monoisotopic (exact) mass is 227 g/mol. The fraction of sp³-hybridized carbons (Fsp3) is 0.455. The minimum atomic E-state index is -3.08. The van der Waals surface area contributed by atoms with Crippen molar-refractivity contribution in [3.8, 4) is 0 Å². The maximum atomic E-state index is 11.7. The summed E-state index contributed by atoms with van der Waals surface area (Å²) >= 11 is 0. The molecule has 1 aromatic rings. The fourth-order valence-corrected chi connectivity index (χ4v) is 3.19. The standard InChI is InChI=1S/C11H17NO2S/c1-9-5-3-4-6-11(9)8-15(13,14)7-10(2)12/h3-6,10H,7-8,12H2,1-2H3. The van der Waals surface area contributed by atoms with Crippen LogP contribution in [-0.4, -0.2) is 20.2 Å². The molecule has 0 aliphatic heterocycles. The van der Waals surface area contributed by atoms with Crippen molar-refractivity contribution >= 4 is 9.84 Å². The molecule has 1 aromatic carbocycles. The summed E-state index contributed by atoms with van der Waals surface area (Å²) in [5, 5.41) is 0. The molecule has 0 radical (unpaired) electrons. The van der Waals surface area contributed by atoms with Gasteiger partial charge in [-0.1, -0.05) is 24.3 Å². The molecule has 0 saturated carbocycles. The van der Waals surface area contributed by atoms with Gasteiger partial charge >= 0.3 is 0 Å². The number of hydrogen-bond acceptors (Lipinski definition) is 3. The first-order chi connectivity index (χ1) is 6.91. The molecule has 0 heterocycles. The van der Waals surface area contributed by atoms with Crippen LogP contribution in [0.15, 0.2) is 24.3 Å². The molecule has 0 saturated heterocycles. The molecule has 4 heteroatoms. The van der Waals surface area contributed by atoms with Crippen LogP contribution in [0, 0.1) is 6.92 Å². The van der Waals surface area contributed by atoms with Crippen molar-refractivity contribution in [2.75, 3.05) is 5.75 Å². The number of benzene rings is 1. The summed E-state index contributed by atoms with van der Waals surface area (Å²) in [6.07, 6.45) is 0. The maximum Gasteiger partial charge on any atom is 0.155 e. The second kappa shape index (κ2) is 4.77. The smallest absolute Gasteiger partial charge is 0.155 e. The Kier molecular flexibility index (Phi) is 3.88. The van der Waals surface area contributed by atoms with Crippen LogP contribution in [0.3, 0.4) is 0 Å². The highest BCUT2D eigenvalue weighted by atomic mass is 32.2. The Morgan fingerprint density at radius 1 is 1.33 bits per heavy atom. The van der Waals surface area contributed by atoms with E-state index in [2.05, 4.69) is 0 Å². The van der Waals surface area contributed by atoms with Gasteiger partial charge in [0, 0.05) is 6.04 Å². The second-order valence-electron chi connectivity index (χ2n) is 3.96. The summed E-state index contributed by atoms with van der Waals surface area (Å²) < 4.78 is 23.4. The van der Waals surface area contributed by atoms with Gasteiger partial charge in [-0.2, -0.15) is 0 Å². The molecule has 0 aliphatic rings. The summed E-state index contributed by atoms with van der Waals surface area (Å²) in [7, 11) is -3.08. The molecule has 0 fully saturated rings. The third-order valence-electron chi connectivity index (χ3n) is 2.15. The fourth-order valence-electron chi connectivity index (χ4n) is 1.47. The van der Waals surface area contributed by atoms with Crippen molar-refractivity contribution in [1.29, 1.82) is 0 Å². The van der Waals surface area contributed by atoms with Gasteiger partial charge in [0.15, 0.2) is 9.84 Å². The highest BCUT2D eigenvalue weighted by Gasteiger charge is 2.15. The number of rotatable bonds is 4. The Morgan fingerprint density at radius 2 is 1.93 bits per heavy atom. The highest BCUT2D eigenvalue weighted by Crippen LogP contribution is 2.12. The van der Waals surface area contributed by atoms with Crippen LogP contribution >= 0.6 is 0 Å². The number of hydrogen-bond donors (Lipinski definition) is 1. The van der Waals surface area contributed by atoms with E-state index >= 15 is 0 Å². The van der Waals surface area contributed by atoms with Crippen molar-refractivity contribution in [2.45, 2.75) is 25.6 Å². The van der Waals surface area contributed by atoms with Crippen LogP contribution in [0.4, 0.5) is 0 Å². The Morgan fingerprint density at radius 3 is 2.47 bits per heavy atom. The number of sulfone groups is 1. The van der Waals surface area contributed by atoms with Crippen LogP contribution < -0.4 is 5.73 Å². The van der Waals surface area contributed by atoms with Gasteiger partial charge in [0.2, 0.25) is 0 Å². The van der Waals surface area contributed by atoms with Crippen molar-refractivity contribution in [3.05, 3.63) is 35.4 Å². The van der Waals surface area contributed by atoms with Gasteiger partial charge in [-0.05, 0) is 25.0 Å². The predicted octanol–water partition coefficient (Wildman–Crippen LogP) is 1.26. The van der Waals surface area contributed by atoms with E-state index in [-0.39, 0.29) is 17.5 Å². The van der Waals surface area contributed by atoms with E-state index in [1.165, 1.54) is 0 Å². The largest absolute Gasteiger partial charge is 0.327 e. The van der Waals surface area contributed by atoms with Gasteiger partial charge in [0.25, 0.3) is 0 Å². The van der Waals surface area contributed by atoms with E-state index in [0.29, 0.717) is 0 Å². The Labute approximate surface area is 91.2 Å². The zero-order chi connectivity index (χ0) is 11.5. The molecule has 15 heavy (non-hydrogen) atoms. The Balaban J connectivity index is 2.83. The molecule has 2 N–H and O–H groups in total. The van der Waals surface area contributed by atoms with E-state index in [1.807, 2.05) is 31.2 Å². The van der Waals surface area contributed by atoms with Gasteiger partial charge in [0.05, 0.1) is 11.5 Å². The van der Waals surface area contributed by atoms with E-state index in [1.54, 1.807) is 6.92 Å². The Bertz CT molecular complexity index is 424. The number of aryl methyl sites for hydroxylation is 1. The predicted molar refractivity (Wildman–Crippen MR) is 62.3 cm³/mol. The van der Waals surface area contributed by atoms with Gasteiger partial charge in [-0.15, -0.1) is 0 Å². The average Bonchev–Trinajstić information content (AvgIpc) is 2.06. The average molecular weight is 227 g/mol. The normalized spacial score (nSPS) is 13.8. The number of nitrogens with two attached hydrogens (primary N) is 1. The first-order valence-corrected chi connectivity index (χ1v) is 6.73. The molecule has 0 aliphatic carbocycles. The molecule has 1 rings (SSSR count). The zero-order valence-corrected chi connectivity index (χ0v) is 9.92. The summed E-state index contributed by atoms with van der Waals surface area (Å²) in [6, 6.07) is 7.20. The van der Waals surface area contributed by atoms with Crippen LogP contribution in [0.25, 0.3) is 0 Å². The molecular formula is C11H17NO2S. The lowest BCUT2D eigenvalue weighted by atomic mass is 10.1. The third-order valence-corrected chi connectivity index (χ3v) is 3.94. The summed E-state index contributed by atoms with van der Waals surface area (Å²) in [4.78, 5) is 0. The first kappa shape index (κ1) is 12.2. The van der Waals surface area contributed by atoms with Gasteiger partial charge in [-0.25, -0.2) is 8.42 Å². The lowest BCUT2D eigenvalue weighted by molar-refractivity contribution is 0.589. The van der Waals surface area contributed by atoms with E-state index in [4.69, 9.17) is 5.73 Å². The quantitative estimate of drug-likeness (QED) is 0.842. The molecule has 1 unspecified atom stereocenters. The van der Waals surface area contributed by atoms with E-state index in [9.17, 15) is 8.42 Å². The van der Waals surface area contributed by atoms with E-state index < -0.39 is 9.84 Å². The lowest BCUT2D eigenvalue weighted by Crippen LogP contribution is -2.27. The third kappa shape index (κ3) is 4.01. The molecule has 0 bridgehead atoms. The summed E-state index contributed by atoms with van der Waals surface area (Å²) in [5.74, 6) is 0.128. The molecular weight excluding hydrogens is 210 g/mol. The van der Waals surface area contributed by atoms with Crippen molar-refractivity contribution < 1.29 is 8.42 Å². The van der Waals surface area contributed by atoms with Crippen LogP contribution in [0.1, 0.15) is 18.1 Å². The van der Waals surface area contributed by atoms with Crippen LogP contribution in [-0.2, 0) is 15.6 Å². The highest BCUT2D eigenvalue weighted by molar-refractivity contribution is 7.90. The van der Waals surface area contributed by atoms with E-state index in [0.717, 1.165) is 11.1 Å². The zero-order valence-electron chi connectivity index (χ0n) is 9.10. The van der Waals surface area contributed by atoms with Crippen LogP contribution in [0.2, 0.25) is 0 Å². The second-order valence-corrected chi connectivity index (χ2v) is 6.07. The molecule has 3 nitrogen and oxygen atoms in total. The topological polar surface area (TPSA) is 60.2 Å². The molecule has 0 aromatic heterocycles. The summed E-state index contributed by atoms with van der Waals surface area (Å²) in [5.41, 5.74) is 7.36. The van der Waals surface area contributed by atoms with Crippen molar-refractivity contribution in [3.63, 3.8) is 0 Å². The molecule has 0 amide bonds. The van der Waals surface area contributed by atoms with Crippen LogP contribution in [0.5, 0.6) is 0 Å². The molecule has 0 spiro atoms. The SMILES string of the molecule is Cc1ccccc1CS(=O)(=O)CC(C)N. The van der Waals surface area contributed by atoms with Gasteiger partial charge in [-0.3, -0.25) is 0 Å².